The summed E-state index contributed by atoms with van der Waals surface area (Å²) >= 11 is 2.97. The van der Waals surface area contributed by atoms with Crippen molar-refractivity contribution in [3.63, 3.8) is 0 Å². The number of hydrogen-bond donors (Lipinski definition) is 1. The van der Waals surface area contributed by atoms with E-state index in [2.05, 4.69) is 21.2 Å². The first kappa shape index (κ1) is 16.4. The van der Waals surface area contributed by atoms with Crippen LogP contribution in [-0.2, 0) is 4.79 Å². The topological polar surface area (TPSA) is 29.1 Å². The highest BCUT2D eigenvalue weighted by Gasteiger charge is 2.31. The molecule has 7 heteroatoms. The highest BCUT2D eigenvalue weighted by Crippen LogP contribution is 2.40. The third-order valence-electron chi connectivity index (χ3n) is 2.21. The molecule has 0 heterocycles. The molecule has 0 aliphatic carbocycles. The molecule has 0 saturated carbocycles. The fourth-order valence-corrected chi connectivity index (χ4v) is 2.03. The van der Waals surface area contributed by atoms with Crippen molar-refractivity contribution in [3.8, 4) is 0 Å². The molecule has 1 unspecified atom stereocenters. The van der Waals surface area contributed by atoms with Crippen molar-refractivity contribution in [2.45, 2.75) is 29.1 Å². The first-order valence-corrected chi connectivity index (χ1v) is 7.23. The van der Waals surface area contributed by atoms with Crippen LogP contribution < -0.4 is 5.32 Å². The predicted molar refractivity (Wildman–Crippen MR) is 74.5 cm³/mol. The molecule has 106 valence electrons. The number of anilines is 1. The molecule has 0 aliphatic heterocycles. The lowest BCUT2D eigenvalue weighted by Crippen LogP contribution is -2.27. The van der Waals surface area contributed by atoms with Crippen LogP contribution in [0.15, 0.2) is 29.2 Å². The van der Waals surface area contributed by atoms with E-state index in [0.717, 1.165) is 0 Å². The Hall–Kier alpha value is -0.690. The van der Waals surface area contributed by atoms with Crippen LogP contribution in [0.2, 0.25) is 0 Å². The Morgan fingerprint density at radius 3 is 2.42 bits per heavy atom. The van der Waals surface area contributed by atoms with Crippen molar-refractivity contribution >= 4 is 39.3 Å². The van der Waals surface area contributed by atoms with E-state index < -0.39 is 10.3 Å². The summed E-state index contributed by atoms with van der Waals surface area (Å²) in [7, 11) is 0. The van der Waals surface area contributed by atoms with Crippen LogP contribution in [0.3, 0.4) is 0 Å². The van der Waals surface area contributed by atoms with Gasteiger partial charge in [-0.2, -0.15) is 13.2 Å². The third-order valence-corrected chi connectivity index (χ3v) is 4.49. The Morgan fingerprint density at radius 2 is 1.89 bits per heavy atom. The normalized spacial score (nSPS) is 13.4. The lowest BCUT2D eigenvalue weighted by Gasteiger charge is -2.16. The molecule has 1 atom stereocenters. The molecule has 2 nitrogen and oxygen atoms in total. The van der Waals surface area contributed by atoms with E-state index in [4.69, 9.17) is 0 Å². The summed E-state index contributed by atoms with van der Waals surface area (Å²) in [6, 6.07) is 5.85. The number of thioether (sulfide) groups is 1. The van der Waals surface area contributed by atoms with Crippen LogP contribution in [0.4, 0.5) is 18.9 Å². The van der Waals surface area contributed by atoms with Crippen molar-refractivity contribution in [2.24, 2.45) is 5.92 Å². The van der Waals surface area contributed by atoms with E-state index >= 15 is 0 Å². The SMILES string of the molecule is CC(C)C(Br)C(=O)Nc1ccccc1SC(F)(F)F. The van der Waals surface area contributed by atoms with Gasteiger partial charge in [0.25, 0.3) is 0 Å². The van der Waals surface area contributed by atoms with Gasteiger partial charge in [0.05, 0.1) is 10.5 Å². The van der Waals surface area contributed by atoms with Crippen molar-refractivity contribution in [1.82, 2.24) is 0 Å². The minimum Gasteiger partial charge on any atom is -0.324 e. The molecule has 1 rings (SSSR count). The smallest absolute Gasteiger partial charge is 0.324 e. The van der Waals surface area contributed by atoms with Gasteiger partial charge in [-0.15, -0.1) is 0 Å². The second kappa shape index (κ2) is 6.65. The van der Waals surface area contributed by atoms with Gasteiger partial charge < -0.3 is 5.32 Å². The lowest BCUT2D eigenvalue weighted by atomic mass is 10.1. The zero-order chi connectivity index (χ0) is 14.6. The molecule has 1 aromatic rings. The zero-order valence-corrected chi connectivity index (χ0v) is 12.7. The predicted octanol–water partition coefficient (Wildman–Crippen LogP) is 4.66. The standard InChI is InChI=1S/C12H13BrF3NOS/c1-7(2)10(13)11(18)17-8-5-3-4-6-9(8)19-12(14,15)16/h3-7,10H,1-2H3,(H,17,18). The van der Waals surface area contributed by atoms with Crippen LogP contribution in [0, 0.1) is 5.92 Å². The fourth-order valence-electron chi connectivity index (χ4n) is 1.29. The first-order chi connectivity index (χ1) is 8.70. The summed E-state index contributed by atoms with van der Waals surface area (Å²) in [5, 5.41) is 2.51. The van der Waals surface area contributed by atoms with Crippen LogP contribution in [0.1, 0.15) is 13.8 Å². The van der Waals surface area contributed by atoms with E-state index in [1.807, 2.05) is 13.8 Å². The molecule has 0 spiro atoms. The van der Waals surface area contributed by atoms with Crippen molar-refractivity contribution in [3.05, 3.63) is 24.3 Å². The highest BCUT2D eigenvalue weighted by atomic mass is 79.9. The van der Waals surface area contributed by atoms with Gasteiger partial charge in [0, 0.05) is 4.90 Å². The minimum atomic E-state index is -4.38. The number of alkyl halides is 4. The Balaban J connectivity index is 2.87. The van der Waals surface area contributed by atoms with Gasteiger partial charge in [-0.1, -0.05) is 41.9 Å². The van der Waals surface area contributed by atoms with Crippen LogP contribution in [-0.4, -0.2) is 16.2 Å². The van der Waals surface area contributed by atoms with Gasteiger partial charge in [0.2, 0.25) is 5.91 Å². The molecule has 0 saturated heterocycles. The summed E-state index contributed by atoms with van der Waals surface area (Å²) in [6.45, 7) is 3.69. The second-order valence-electron chi connectivity index (χ2n) is 4.18. The number of carbonyl (C=O) groups is 1. The molecular weight excluding hydrogens is 343 g/mol. The molecule has 0 aliphatic rings. The third kappa shape index (κ3) is 5.44. The Labute approximate surface area is 122 Å². The average molecular weight is 356 g/mol. The molecular formula is C12H13BrF3NOS. The quantitative estimate of drug-likeness (QED) is 0.628. The van der Waals surface area contributed by atoms with E-state index in [1.165, 1.54) is 18.2 Å². The zero-order valence-electron chi connectivity index (χ0n) is 10.3. The lowest BCUT2D eigenvalue weighted by molar-refractivity contribution is -0.116. The molecule has 1 aromatic carbocycles. The number of halogens is 4. The van der Waals surface area contributed by atoms with Crippen molar-refractivity contribution in [2.75, 3.05) is 5.32 Å². The van der Waals surface area contributed by atoms with Crippen LogP contribution in [0.25, 0.3) is 0 Å². The maximum absolute atomic E-state index is 12.4. The first-order valence-electron chi connectivity index (χ1n) is 5.50. The van der Waals surface area contributed by atoms with Crippen LogP contribution in [0.5, 0.6) is 0 Å². The monoisotopic (exact) mass is 355 g/mol. The maximum atomic E-state index is 12.4. The van der Waals surface area contributed by atoms with Gasteiger partial charge in [-0.25, -0.2) is 0 Å². The van der Waals surface area contributed by atoms with Gasteiger partial charge in [-0.3, -0.25) is 4.79 Å². The summed E-state index contributed by atoms with van der Waals surface area (Å²) in [4.78, 5) is 11.4. The van der Waals surface area contributed by atoms with E-state index in [0.29, 0.717) is 0 Å². The maximum Gasteiger partial charge on any atom is 0.446 e. The van der Waals surface area contributed by atoms with E-state index in [9.17, 15) is 18.0 Å². The Bertz CT molecular complexity index is 451. The second-order valence-corrected chi connectivity index (χ2v) is 6.27. The number of para-hydroxylation sites is 1. The van der Waals surface area contributed by atoms with Crippen LogP contribution >= 0.6 is 27.7 Å². The van der Waals surface area contributed by atoms with Gasteiger partial charge in [0.1, 0.15) is 0 Å². The number of amides is 1. The molecule has 0 fully saturated rings. The van der Waals surface area contributed by atoms with Gasteiger partial charge in [0.15, 0.2) is 0 Å². The Morgan fingerprint density at radius 1 is 1.32 bits per heavy atom. The van der Waals surface area contributed by atoms with Gasteiger partial charge >= 0.3 is 5.51 Å². The summed E-state index contributed by atoms with van der Waals surface area (Å²) in [5.74, 6) is -0.312. The number of hydrogen-bond acceptors (Lipinski definition) is 2. The van der Waals surface area contributed by atoms with Crippen molar-refractivity contribution < 1.29 is 18.0 Å². The molecule has 1 N–H and O–H groups in total. The summed E-state index contributed by atoms with van der Waals surface area (Å²) in [5.41, 5.74) is -4.22. The fraction of sp³-hybridized carbons (Fsp3) is 0.417. The minimum absolute atomic E-state index is 0.0215. The summed E-state index contributed by atoms with van der Waals surface area (Å²) < 4.78 is 37.2. The molecule has 1 amide bonds. The highest BCUT2D eigenvalue weighted by molar-refractivity contribution is 9.10. The molecule has 19 heavy (non-hydrogen) atoms. The summed E-state index contributed by atoms with van der Waals surface area (Å²) in [6.07, 6.45) is 0. The number of rotatable bonds is 4. The Kier molecular flexibility index (Phi) is 5.73. The largest absolute Gasteiger partial charge is 0.446 e. The number of benzene rings is 1. The van der Waals surface area contributed by atoms with Gasteiger partial charge in [-0.05, 0) is 29.8 Å². The van der Waals surface area contributed by atoms with E-state index in [-0.39, 0.29) is 34.2 Å². The number of carbonyl (C=O) groups excluding carboxylic acids is 1. The molecule has 0 radical (unpaired) electrons. The van der Waals surface area contributed by atoms with Crippen molar-refractivity contribution in [1.29, 1.82) is 0 Å². The number of nitrogens with one attached hydrogen (secondary N) is 1. The molecule has 0 bridgehead atoms. The molecule has 0 aromatic heterocycles. The van der Waals surface area contributed by atoms with E-state index in [1.54, 1.807) is 6.07 Å². The average Bonchev–Trinajstić information content (AvgIpc) is 2.28.